The summed E-state index contributed by atoms with van der Waals surface area (Å²) in [6.07, 6.45) is 4.81. The summed E-state index contributed by atoms with van der Waals surface area (Å²) in [7, 11) is 1.42. The third kappa shape index (κ3) is 2.86. The molecule has 1 N–H and O–H groups in total. The van der Waals surface area contributed by atoms with Crippen LogP contribution in [0.15, 0.2) is 30.5 Å². The van der Waals surface area contributed by atoms with E-state index in [1.165, 1.54) is 7.11 Å². The topological polar surface area (TPSA) is 67.9 Å². The van der Waals surface area contributed by atoms with Crippen molar-refractivity contribution >= 4 is 27.9 Å². The van der Waals surface area contributed by atoms with Crippen molar-refractivity contribution in [1.82, 2.24) is 15.0 Å². The molecule has 1 aromatic carbocycles. The summed E-state index contributed by atoms with van der Waals surface area (Å²) in [5, 5.41) is 1.06. The molecule has 0 saturated carbocycles. The minimum atomic E-state index is -0.158. The molecule has 21 heavy (non-hydrogen) atoms. The largest absolute Gasteiger partial charge is 0.469 e. The number of methoxy groups -OCH3 is 1. The highest BCUT2D eigenvalue weighted by atomic mass is 16.5. The van der Waals surface area contributed by atoms with Crippen LogP contribution in [-0.2, 0) is 16.0 Å². The summed E-state index contributed by atoms with van der Waals surface area (Å²) in [4.78, 5) is 23.4. The number of aryl methyl sites for hydroxylation is 1. The van der Waals surface area contributed by atoms with E-state index in [9.17, 15) is 4.79 Å². The maximum atomic E-state index is 11.1. The van der Waals surface area contributed by atoms with Gasteiger partial charge in [-0.1, -0.05) is 18.2 Å². The fourth-order valence-corrected chi connectivity index (χ4v) is 2.44. The number of hydrogen-bond acceptors (Lipinski definition) is 4. The summed E-state index contributed by atoms with van der Waals surface area (Å²) >= 11 is 0. The first-order chi connectivity index (χ1) is 10.3. The second-order valence-electron chi connectivity index (χ2n) is 5.00. The van der Waals surface area contributed by atoms with Crippen LogP contribution in [0.3, 0.4) is 0 Å². The minimum Gasteiger partial charge on any atom is -0.469 e. The predicted molar refractivity (Wildman–Crippen MR) is 81.0 cm³/mol. The minimum absolute atomic E-state index is 0.158. The van der Waals surface area contributed by atoms with Crippen molar-refractivity contribution in [2.24, 2.45) is 0 Å². The molecule has 108 valence electrons. The van der Waals surface area contributed by atoms with Gasteiger partial charge in [-0.2, -0.15) is 0 Å². The van der Waals surface area contributed by atoms with E-state index in [-0.39, 0.29) is 5.97 Å². The molecule has 2 aromatic heterocycles. The average Bonchev–Trinajstić information content (AvgIpc) is 2.94. The van der Waals surface area contributed by atoms with Crippen molar-refractivity contribution in [2.45, 2.75) is 25.7 Å². The Labute approximate surface area is 122 Å². The maximum Gasteiger partial charge on any atom is 0.305 e. The van der Waals surface area contributed by atoms with Gasteiger partial charge in [-0.3, -0.25) is 9.78 Å². The van der Waals surface area contributed by atoms with Gasteiger partial charge in [0.15, 0.2) is 0 Å². The summed E-state index contributed by atoms with van der Waals surface area (Å²) in [6, 6.07) is 7.99. The van der Waals surface area contributed by atoms with E-state index in [2.05, 4.69) is 19.7 Å². The Morgan fingerprint density at radius 2 is 2.14 bits per heavy atom. The fraction of sp³-hybridized carbons (Fsp3) is 0.312. The molecule has 0 aliphatic rings. The number of imidazole rings is 1. The molecule has 5 nitrogen and oxygen atoms in total. The molecule has 0 amide bonds. The second-order valence-corrected chi connectivity index (χ2v) is 5.00. The molecular formula is C16H17N3O2. The highest BCUT2D eigenvalue weighted by molar-refractivity contribution is 6.01. The number of aromatic nitrogens is 3. The Kier molecular flexibility index (Phi) is 3.81. The molecule has 0 aliphatic carbocycles. The van der Waals surface area contributed by atoms with Crippen LogP contribution in [0.5, 0.6) is 0 Å². The average molecular weight is 283 g/mol. The standard InChI is InChI=1S/C16H17N3O2/c1-21-15(20)9-5-4-8-14-18-13-10-17-12-7-3-2-6-11(12)16(13)19-14/h2-3,6-7,10H,4-5,8-9H2,1H3,(H,18,19). The number of benzene rings is 1. The van der Waals surface area contributed by atoms with Crippen molar-refractivity contribution in [3.63, 3.8) is 0 Å². The molecule has 0 spiro atoms. The molecule has 0 saturated heterocycles. The van der Waals surface area contributed by atoms with E-state index in [4.69, 9.17) is 0 Å². The number of pyridine rings is 1. The lowest BCUT2D eigenvalue weighted by molar-refractivity contribution is -0.140. The lowest BCUT2D eigenvalue weighted by Crippen LogP contribution is -2.00. The second kappa shape index (κ2) is 5.91. The van der Waals surface area contributed by atoms with Crippen LogP contribution in [0.4, 0.5) is 0 Å². The molecule has 5 heteroatoms. The number of nitrogens with one attached hydrogen (secondary N) is 1. The zero-order valence-corrected chi connectivity index (χ0v) is 11.9. The maximum absolute atomic E-state index is 11.1. The highest BCUT2D eigenvalue weighted by Crippen LogP contribution is 2.21. The Morgan fingerprint density at radius 1 is 1.29 bits per heavy atom. The molecule has 0 radical (unpaired) electrons. The predicted octanol–water partition coefficient (Wildman–Crippen LogP) is 3.00. The SMILES string of the molecule is COC(=O)CCCCc1nc2c(cnc3ccccc32)[nH]1. The lowest BCUT2D eigenvalue weighted by Gasteiger charge is -1.98. The van der Waals surface area contributed by atoms with Gasteiger partial charge < -0.3 is 9.72 Å². The summed E-state index contributed by atoms with van der Waals surface area (Å²) < 4.78 is 4.63. The molecule has 0 atom stereocenters. The van der Waals surface area contributed by atoms with Crippen LogP contribution >= 0.6 is 0 Å². The van der Waals surface area contributed by atoms with Gasteiger partial charge in [0, 0.05) is 18.2 Å². The van der Waals surface area contributed by atoms with Gasteiger partial charge in [0.05, 0.1) is 29.9 Å². The molecular weight excluding hydrogens is 266 g/mol. The first kappa shape index (κ1) is 13.5. The molecule has 0 aliphatic heterocycles. The van der Waals surface area contributed by atoms with Crippen molar-refractivity contribution < 1.29 is 9.53 Å². The molecule has 2 heterocycles. The molecule has 3 aromatic rings. The van der Waals surface area contributed by atoms with E-state index in [1.807, 2.05) is 30.5 Å². The van der Waals surface area contributed by atoms with Gasteiger partial charge in [-0.15, -0.1) is 0 Å². The van der Waals surface area contributed by atoms with Gasteiger partial charge in [0.25, 0.3) is 0 Å². The third-order valence-electron chi connectivity index (χ3n) is 3.54. The Hall–Kier alpha value is -2.43. The van der Waals surface area contributed by atoms with Crippen molar-refractivity contribution in [3.05, 3.63) is 36.3 Å². The zero-order chi connectivity index (χ0) is 14.7. The number of hydrogen-bond donors (Lipinski definition) is 1. The first-order valence-electron chi connectivity index (χ1n) is 7.07. The van der Waals surface area contributed by atoms with E-state index < -0.39 is 0 Å². The van der Waals surface area contributed by atoms with Crippen molar-refractivity contribution in [3.8, 4) is 0 Å². The number of aromatic amines is 1. The monoisotopic (exact) mass is 283 g/mol. The quantitative estimate of drug-likeness (QED) is 0.577. The van der Waals surface area contributed by atoms with Gasteiger partial charge in [-0.25, -0.2) is 4.98 Å². The number of carbonyl (C=O) groups is 1. The fourth-order valence-electron chi connectivity index (χ4n) is 2.44. The van der Waals surface area contributed by atoms with Gasteiger partial charge in [-0.05, 0) is 18.9 Å². The van der Waals surface area contributed by atoms with Crippen molar-refractivity contribution in [1.29, 1.82) is 0 Å². The number of esters is 1. The van der Waals surface area contributed by atoms with Crippen LogP contribution in [0.1, 0.15) is 25.1 Å². The number of fused-ring (bicyclic) bond motifs is 3. The first-order valence-corrected chi connectivity index (χ1v) is 7.07. The Morgan fingerprint density at radius 3 is 3.00 bits per heavy atom. The Balaban J connectivity index is 1.75. The number of H-pyrrole nitrogens is 1. The summed E-state index contributed by atoms with van der Waals surface area (Å²) in [5.74, 6) is 0.780. The smallest absolute Gasteiger partial charge is 0.305 e. The third-order valence-corrected chi connectivity index (χ3v) is 3.54. The van der Waals surface area contributed by atoms with E-state index in [1.54, 1.807) is 0 Å². The Bertz CT molecular complexity index is 779. The van der Waals surface area contributed by atoms with Crippen LogP contribution in [0, 0.1) is 0 Å². The molecule has 0 fully saturated rings. The number of rotatable bonds is 5. The highest BCUT2D eigenvalue weighted by Gasteiger charge is 2.07. The molecule has 0 unspecified atom stereocenters. The zero-order valence-electron chi connectivity index (χ0n) is 11.9. The lowest BCUT2D eigenvalue weighted by atomic mass is 10.2. The van der Waals surface area contributed by atoms with E-state index in [0.29, 0.717) is 6.42 Å². The summed E-state index contributed by atoms with van der Waals surface area (Å²) in [6.45, 7) is 0. The molecule has 3 rings (SSSR count). The van der Waals surface area contributed by atoms with E-state index in [0.717, 1.165) is 47.0 Å². The number of para-hydroxylation sites is 1. The number of ether oxygens (including phenoxy) is 1. The molecule has 0 bridgehead atoms. The van der Waals surface area contributed by atoms with E-state index >= 15 is 0 Å². The van der Waals surface area contributed by atoms with Gasteiger partial charge >= 0.3 is 5.97 Å². The number of nitrogens with zero attached hydrogens (tertiary/aromatic N) is 2. The van der Waals surface area contributed by atoms with Crippen LogP contribution < -0.4 is 0 Å². The normalized spacial score (nSPS) is 11.1. The number of carbonyl (C=O) groups excluding carboxylic acids is 1. The summed E-state index contributed by atoms with van der Waals surface area (Å²) in [5.41, 5.74) is 2.87. The van der Waals surface area contributed by atoms with Crippen molar-refractivity contribution in [2.75, 3.05) is 7.11 Å². The van der Waals surface area contributed by atoms with Crippen LogP contribution in [-0.4, -0.2) is 28.0 Å². The van der Waals surface area contributed by atoms with Gasteiger partial charge in [0.1, 0.15) is 5.82 Å². The number of unbranched alkanes of at least 4 members (excludes halogenated alkanes) is 1. The van der Waals surface area contributed by atoms with Crippen LogP contribution in [0.2, 0.25) is 0 Å². The van der Waals surface area contributed by atoms with Crippen LogP contribution in [0.25, 0.3) is 21.9 Å². The van der Waals surface area contributed by atoms with Gasteiger partial charge in [0.2, 0.25) is 0 Å².